The predicted octanol–water partition coefficient (Wildman–Crippen LogP) is 5.38. The van der Waals surface area contributed by atoms with Gasteiger partial charge in [-0.1, -0.05) is 55.7 Å². The first-order chi connectivity index (χ1) is 8.91. The number of aldehydes is 1. The molecule has 1 heteroatoms. The molecule has 0 saturated heterocycles. The largest absolute Gasteiger partial charge is 0.303 e. The molecule has 0 atom stereocenters. The molecule has 0 bridgehead atoms. The van der Waals surface area contributed by atoms with Crippen LogP contribution in [0.4, 0.5) is 0 Å². The molecule has 18 heavy (non-hydrogen) atoms. The summed E-state index contributed by atoms with van der Waals surface area (Å²) < 4.78 is 0. The van der Waals surface area contributed by atoms with Gasteiger partial charge in [-0.2, -0.15) is 0 Å². The molecule has 1 nitrogen and oxygen atoms in total. The van der Waals surface area contributed by atoms with E-state index in [1.165, 1.54) is 32.1 Å². The third kappa shape index (κ3) is 14.9. The second-order valence-electron chi connectivity index (χ2n) is 4.50. The highest BCUT2D eigenvalue weighted by Crippen LogP contribution is 2.07. The molecule has 0 amide bonds. The van der Waals surface area contributed by atoms with Gasteiger partial charge >= 0.3 is 0 Å². The van der Waals surface area contributed by atoms with E-state index in [0.717, 1.165) is 32.0 Å². The van der Waals surface area contributed by atoms with E-state index in [-0.39, 0.29) is 0 Å². The van der Waals surface area contributed by atoms with E-state index in [1.54, 1.807) is 0 Å². The lowest BCUT2D eigenvalue weighted by atomic mass is 10.1. The predicted molar refractivity (Wildman–Crippen MR) is 80.7 cm³/mol. The van der Waals surface area contributed by atoms with Gasteiger partial charge in [-0.15, -0.1) is 0 Å². The van der Waals surface area contributed by atoms with Gasteiger partial charge in [0.2, 0.25) is 0 Å². The Labute approximate surface area is 113 Å². The van der Waals surface area contributed by atoms with Gasteiger partial charge in [-0.25, -0.2) is 0 Å². The van der Waals surface area contributed by atoms with Crippen LogP contribution in [-0.2, 0) is 4.79 Å². The molecule has 0 heterocycles. The summed E-state index contributed by atoms with van der Waals surface area (Å²) in [4.78, 5) is 10.1. The van der Waals surface area contributed by atoms with Gasteiger partial charge in [0.25, 0.3) is 0 Å². The average molecular weight is 248 g/mol. The summed E-state index contributed by atoms with van der Waals surface area (Å²) in [6, 6.07) is 0. The van der Waals surface area contributed by atoms with Gasteiger partial charge in [-0.05, 0) is 39.0 Å². The van der Waals surface area contributed by atoms with Gasteiger partial charge in [0.05, 0.1) is 0 Å². The van der Waals surface area contributed by atoms with Crippen LogP contribution in [0.3, 0.4) is 0 Å². The van der Waals surface area contributed by atoms with Crippen molar-refractivity contribution in [2.24, 2.45) is 0 Å². The number of carbonyl (C=O) groups is 1. The Kier molecular flexibility index (Phi) is 14.9. The number of unbranched alkanes of at least 4 members (excludes halogenated alkanes) is 6. The highest BCUT2D eigenvalue weighted by atomic mass is 16.1. The highest BCUT2D eigenvalue weighted by molar-refractivity contribution is 5.48. The van der Waals surface area contributed by atoms with Crippen molar-refractivity contribution >= 4 is 6.29 Å². The van der Waals surface area contributed by atoms with Crippen molar-refractivity contribution in [3.63, 3.8) is 0 Å². The number of hydrogen-bond donors (Lipinski definition) is 0. The molecule has 0 radical (unpaired) electrons. The summed E-state index contributed by atoms with van der Waals surface area (Å²) in [5, 5.41) is 0. The lowest BCUT2D eigenvalue weighted by Crippen LogP contribution is -1.80. The molecular weight excluding hydrogens is 220 g/mol. The van der Waals surface area contributed by atoms with Crippen molar-refractivity contribution in [3.8, 4) is 0 Å². The minimum atomic E-state index is 0.736. The van der Waals surface area contributed by atoms with E-state index < -0.39 is 0 Å². The van der Waals surface area contributed by atoms with Crippen LogP contribution >= 0.6 is 0 Å². The molecule has 0 saturated carbocycles. The smallest absolute Gasteiger partial charge is 0.119 e. The van der Waals surface area contributed by atoms with Crippen LogP contribution in [0.15, 0.2) is 36.5 Å². The molecule has 0 aromatic rings. The van der Waals surface area contributed by atoms with Crippen LogP contribution in [0.25, 0.3) is 0 Å². The lowest BCUT2D eigenvalue weighted by Gasteiger charge is -1.97. The molecule has 0 fully saturated rings. The summed E-state index contributed by atoms with van der Waals surface area (Å²) in [6.45, 7) is 2.05. The molecule has 0 aromatic heterocycles. The van der Waals surface area contributed by atoms with Gasteiger partial charge in [0.1, 0.15) is 6.29 Å². The Balaban J connectivity index is 3.18. The Morgan fingerprint density at radius 3 is 1.89 bits per heavy atom. The third-order valence-corrected chi connectivity index (χ3v) is 2.81. The van der Waals surface area contributed by atoms with E-state index in [4.69, 9.17) is 0 Å². The fraction of sp³-hybridized carbons (Fsp3) is 0.588. The fourth-order valence-corrected chi connectivity index (χ4v) is 1.72. The van der Waals surface area contributed by atoms with E-state index in [2.05, 4.69) is 36.5 Å². The molecule has 0 aliphatic rings. The topological polar surface area (TPSA) is 17.1 Å². The van der Waals surface area contributed by atoms with Gasteiger partial charge in [0.15, 0.2) is 0 Å². The zero-order valence-corrected chi connectivity index (χ0v) is 11.8. The molecule has 0 unspecified atom stereocenters. The van der Waals surface area contributed by atoms with Crippen LogP contribution in [0.1, 0.15) is 64.7 Å². The van der Waals surface area contributed by atoms with Crippen molar-refractivity contribution in [1.82, 2.24) is 0 Å². The van der Waals surface area contributed by atoms with Crippen LogP contribution in [0.5, 0.6) is 0 Å². The maximum absolute atomic E-state index is 10.1. The quantitative estimate of drug-likeness (QED) is 0.257. The summed E-state index contributed by atoms with van der Waals surface area (Å²) in [5.41, 5.74) is 0. The molecule has 0 rings (SSSR count). The molecular formula is C17H28O. The first kappa shape index (κ1) is 16.9. The van der Waals surface area contributed by atoms with Crippen LogP contribution in [0.2, 0.25) is 0 Å². The minimum Gasteiger partial charge on any atom is -0.303 e. The zero-order valence-electron chi connectivity index (χ0n) is 11.8. The molecule has 0 aliphatic carbocycles. The Bertz CT molecular complexity index is 248. The first-order valence-electron chi connectivity index (χ1n) is 7.26. The average Bonchev–Trinajstić information content (AvgIpc) is 2.39. The SMILES string of the molecule is C/C=C/C/C=C/C/C=C/CCCCCCCC=O. The number of rotatable bonds is 12. The van der Waals surface area contributed by atoms with E-state index in [9.17, 15) is 4.79 Å². The standard InChI is InChI=1S/C17H28O/c1-2-3-4-5-6-7-8-9-10-11-12-13-14-15-16-17-18/h2-3,5-6,8-9,17H,4,7,10-16H2,1H3/b3-2+,6-5+,9-8+. The maximum atomic E-state index is 10.1. The van der Waals surface area contributed by atoms with Crippen LogP contribution in [-0.4, -0.2) is 6.29 Å². The van der Waals surface area contributed by atoms with Crippen LogP contribution in [0, 0.1) is 0 Å². The first-order valence-corrected chi connectivity index (χ1v) is 7.26. The van der Waals surface area contributed by atoms with E-state index >= 15 is 0 Å². The Morgan fingerprint density at radius 1 is 0.667 bits per heavy atom. The summed E-state index contributed by atoms with van der Waals surface area (Å²) in [7, 11) is 0. The van der Waals surface area contributed by atoms with Crippen molar-refractivity contribution in [1.29, 1.82) is 0 Å². The number of carbonyl (C=O) groups excluding carboxylic acids is 1. The summed E-state index contributed by atoms with van der Waals surface area (Å²) in [5.74, 6) is 0. The van der Waals surface area contributed by atoms with E-state index in [0.29, 0.717) is 0 Å². The van der Waals surface area contributed by atoms with Crippen molar-refractivity contribution in [2.75, 3.05) is 0 Å². The molecule has 0 aromatic carbocycles. The van der Waals surface area contributed by atoms with Gasteiger partial charge < -0.3 is 4.79 Å². The third-order valence-electron chi connectivity index (χ3n) is 2.81. The maximum Gasteiger partial charge on any atom is 0.119 e. The van der Waals surface area contributed by atoms with Crippen molar-refractivity contribution in [3.05, 3.63) is 36.5 Å². The number of hydrogen-bond acceptors (Lipinski definition) is 1. The summed E-state index contributed by atoms with van der Waals surface area (Å²) >= 11 is 0. The van der Waals surface area contributed by atoms with Gasteiger partial charge in [-0.3, -0.25) is 0 Å². The molecule has 102 valence electrons. The van der Waals surface area contributed by atoms with Crippen molar-refractivity contribution in [2.45, 2.75) is 64.7 Å². The zero-order chi connectivity index (χ0) is 13.3. The lowest BCUT2D eigenvalue weighted by molar-refractivity contribution is -0.107. The van der Waals surface area contributed by atoms with Crippen molar-refractivity contribution < 1.29 is 4.79 Å². The summed E-state index contributed by atoms with van der Waals surface area (Å²) in [6.07, 6.45) is 24.3. The van der Waals surface area contributed by atoms with Gasteiger partial charge in [0, 0.05) is 6.42 Å². The van der Waals surface area contributed by atoms with Crippen LogP contribution < -0.4 is 0 Å². The normalized spacial score (nSPS) is 12.1. The molecule has 0 N–H and O–H groups in total. The number of allylic oxidation sites excluding steroid dienone is 6. The monoisotopic (exact) mass is 248 g/mol. The second-order valence-corrected chi connectivity index (χ2v) is 4.50. The van der Waals surface area contributed by atoms with E-state index in [1.807, 2.05) is 6.92 Å². The highest BCUT2D eigenvalue weighted by Gasteiger charge is 1.89. The Morgan fingerprint density at radius 2 is 1.22 bits per heavy atom. The molecule has 0 aliphatic heterocycles. The second kappa shape index (κ2) is 15.9. The minimum absolute atomic E-state index is 0.736. The Hall–Kier alpha value is -1.11. The fourth-order valence-electron chi connectivity index (χ4n) is 1.72. The molecule has 0 spiro atoms.